The molecule has 0 heterocycles. The molecule has 26 heavy (non-hydrogen) atoms. The average Bonchev–Trinajstić information content (AvgIpc) is 2.65. The smallest absolute Gasteiger partial charge is 0.336 e. The Kier molecular flexibility index (Phi) is 6.91. The number of thioether (sulfide) groups is 1. The van der Waals surface area contributed by atoms with E-state index in [4.69, 9.17) is 9.47 Å². The fourth-order valence-electron chi connectivity index (χ4n) is 2.31. The zero-order valence-electron chi connectivity index (χ0n) is 14.8. The Hall–Kier alpha value is -2.67. The molecule has 0 aliphatic carbocycles. The number of rotatable bonds is 8. The van der Waals surface area contributed by atoms with Gasteiger partial charge in [0.2, 0.25) is 5.91 Å². The third kappa shape index (κ3) is 4.92. The number of methoxy groups -OCH3 is 2. The van der Waals surface area contributed by atoms with Crippen molar-refractivity contribution in [3.63, 3.8) is 0 Å². The molecule has 0 aromatic heterocycles. The van der Waals surface area contributed by atoms with Gasteiger partial charge in [0.15, 0.2) is 11.5 Å². The van der Waals surface area contributed by atoms with Crippen molar-refractivity contribution in [2.24, 2.45) is 0 Å². The number of carboxylic acids is 1. The van der Waals surface area contributed by atoms with Gasteiger partial charge in [0.05, 0.1) is 25.0 Å². The number of carbonyl (C=O) groups excluding carboxylic acids is 1. The molecule has 7 heteroatoms. The van der Waals surface area contributed by atoms with Crippen molar-refractivity contribution in [1.29, 1.82) is 0 Å². The molecule has 0 radical (unpaired) electrons. The molecule has 0 fully saturated rings. The molecule has 0 unspecified atom stereocenters. The monoisotopic (exact) mass is 375 g/mol. The molecule has 0 saturated heterocycles. The molecule has 6 nitrogen and oxygen atoms in total. The molecule has 2 rings (SSSR count). The number of hydrogen-bond donors (Lipinski definition) is 2. The minimum absolute atomic E-state index is 0.176. The van der Waals surface area contributed by atoms with Crippen LogP contribution in [0, 0.1) is 0 Å². The van der Waals surface area contributed by atoms with Crippen LogP contribution in [0.25, 0.3) is 0 Å². The van der Waals surface area contributed by atoms with Crippen molar-refractivity contribution in [2.45, 2.75) is 23.6 Å². The fourth-order valence-corrected chi connectivity index (χ4v) is 3.32. The van der Waals surface area contributed by atoms with Gasteiger partial charge in [-0.15, -0.1) is 11.8 Å². The second-order valence-corrected chi connectivity index (χ2v) is 6.85. The average molecular weight is 375 g/mol. The number of hydrogen-bond acceptors (Lipinski definition) is 5. The van der Waals surface area contributed by atoms with E-state index in [-0.39, 0.29) is 11.5 Å². The summed E-state index contributed by atoms with van der Waals surface area (Å²) >= 11 is 1.22. The van der Waals surface area contributed by atoms with Crippen LogP contribution >= 0.6 is 11.8 Å². The van der Waals surface area contributed by atoms with Gasteiger partial charge in [0, 0.05) is 11.4 Å². The maximum Gasteiger partial charge on any atom is 0.336 e. The molecule has 0 saturated carbocycles. The van der Waals surface area contributed by atoms with Gasteiger partial charge in [0.1, 0.15) is 0 Å². The summed E-state index contributed by atoms with van der Waals surface area (Å²) in [6.45, 7) is 2.08. The molecule has 2 aromatic carbocycles. The minimum atomic E-state index is -1.01. The normalized spacial score (nSPS) is 11.5. The number of benzene rings is 2. The third-order valence-electron chi connectivity index (χ3n) is 3.71. The van der Waals surface area contributed by atoms with E-state index in [1.807, 2.05) is 6.07 Å². The highest BCUT2D eigenvalue weighted by Gasteiger charge is 2.18. The molecule has 1 atom stereocenters. The maximum absolute atomic E-state index is 12.3. The standard InChI is InChI=1S/C19H21NO5S/c1-12(26-17-7-5-4-6-14(17)19(22)23)18(21)20-11-13-8-9-15(24-2)16(10-13)25-3/h4-10,12H,11H2,1-3H3,(H,20,21)(H,22,23)/t12-/m1/s1. The highest BCUT2D eigenvalue weighted by Crippen LogP contribution is 2.28. The summed E-state index contributed by atoms with van der Waals surface area (Å²) in [4.78, 5) is 24.2. The lowest BCUT2D eigenvalue weighted by Crippen LogP contribution is -2.30. The zero-order chi connectivity index (χ0) is 19.1. The van der Waals surface area contributed by atoms with Crippen LogP contribution in [0.3, 0.4) is 0 Å². The van der Waals surface area contributed by atoms with Crippen LogP contribution < -0.4 is 14.8 Å². The number of amides is 1. The van der Waals surface area contributed by atoms with Gasteiger partial charge in [-0.2, -0.15) is 0 Å². The highest BCUT2D eigenvalue weighted by molar-refractivity contribution is 8.00. The first kappa shape index (κ1) is 19.7. The Balaban J connectivity index is 1.99. The van der Waals surface area contributed by atoms with Crippen LogP contribution in [0.2, 0.25) is 0 Å². The second-order valence-electron chi connectivity index (χ2n) is 5.47. The number of carbonyl (C=O) groups is 2. The SMILES string of the molecule is COc1ccc(CNC(=O)[C@@H](C)Sc2ccccc2C(=O)O)cc1OC. The summed E-state index contributed by atoms with van der Waals surface area (Å²) in [5.41, 5.74) is 1.07. The highest BCUT2D eigenvalue weighted by atomic mass is 32.2. The Morgan fingerprint density at radius 3 is 2.46 bits per heavy atom. The summed E-state index contributed by atoms with van der Waals surface area (Å²) in [5, 5.41) is 11.6. The van der Waals surface area contributed by atoms with E-state index in [0.29, 0.717) is 22.9 Å². The lowest BCUT2D eigenvalue weighted by molar-refractivity contribution is -0.120. The van der Waals surface area contributed by atoms with Gasteiger partial charge in [0.25, 0.3) is 0 Å². The Bertz CT molecular complexity index is 793. The predicted molar refractivity (Wildman–Crippen MR) is 100 cm³/mol. The van der Waals surface area contributed by atoms with Crippen molar-refractivity contribution < 1.29 is 24.2 Å². The summed E-state index contributed by atoms with van der Waals surface area (Å²) in [5.74, 6) is 0.0323. The lowest BCUT2D eigenvalue weighted by Gasteiger charge is -2.14. The molecule has 138 valence electrons. The number of ether oxygens (including phenoxy) is 2. The van der Waals surface area contributed by atoms with Crippen LogP contribution in [-0.4, -0.2) is 36.5 Å². The van der Waals surface area contributed by atoms with E-state index < -0.39 is 11.2 Å². The van der Waals surface area contributed by atoms with Crippen LogP contribution in [0.15, 0.2) is 47.4 Å². The van der Waals surface area contributed by atoms with Gasteiger partial charge in [-0.25, -0.2) is 4.79 Å². The van der Waals surface area contributed by atoms with Crippen LogP contribution in [0.1, 0.15) is 22.8 Å². The molecule has 1 amide bonds. The van der Waals surface area contributed by atoms with E-state index in [1.54, 1.807) is 51.5 Å². The summed E-state index contributed by atoms with van der Waals surface area (Å²) in [6, 6.07) is 12.1. The topological polar surface area (TPSA) is 84.9 Å². The summed E-state index contributed by atoms with van der Waals surface area (Å²) in [7, 11) is 3.12. The van der Waals surface area contributed by atoms with Crippen molar-refractivity contribution in [1.82, 2.24) is 5.32 Å². The zero-order valence-corrected chi connectivity index (χ0v) is 15.6. The first-order chi connectivity index (χ1) is 12.5. The lowest BCUT2D eigenvalue weighted by atomic mass is 10.2. The van der Waals surface area contributed by atoms with Gasteiger partial charge in [-0.1, -0.05) is 18.2 Å². The summed E-state index contributed by atoms with van der Waals surface area (Å²) in [6.07, 6.45) is 0. The largest absolute Gasteiger partial charge is 0.493 e. The van der Waals surface area contributed by atoms with Gasteiger partial charge >= 0.3 is 5.97 Å². The molecular weight excluding hydrogens is 354 g/mol. The first-order valence-electron chi connectivity index (χ1n) is 7.93. The van der Waals surface area contributed by atoms with Crippen LogP contribution in [0.5, 0.6) is 11.5 Å². The van der Waals surface area contributed by atoms with Crippen LogP contribution in [0.4, 0.5) is 0 Å². The van der Waals surface area contributed by atoms with Gasteiger partial charge < -0.3 is 19.9 Å². The first-order valence-corrected chi connectivity index (χ1v) is 8.81. The molecule has 0 aliphatic heterocycles. The van der Waals surface area contributed by atoms with Gasteiger partial charge in [-0.05, 0) is 36.8 Å². The molecule has 0 spiro atoms. The number of nitrogens with one attached hydrogen (secondary N) is 1. The predicted octanol–water partition coefficient (Wildman–Crippen LogP) is 3.20. The maximum atomic E-state index is 12.3. The molecule has 2 aromatic rings. The quantitative estimate of drug-likeness (QED) is 0.689. The molecular formula is C19H21NO5S. The molecule has 0 aliphatic rings. The summed E-state index contributed by atoms with van der Waals surface area (Å²) < 4.78 is 10.4. The third-order valence-corrected chi connectivity index (χ3v) is 4.88. The van der Waals surface area contributed by atoms with Crippen molar-refractivity contribution in [3.8, 4) is 11.5 Å². The Morgan fingerprint density at radius 1 is 1.12 bits per heavy atom. The Morgan fingerprint density at radius 2 is 1.81 bits per heavy atom. The minimum Gasteiger partial charge on any atom is -0.493 e. The van der Waals surface area contributed by atoms with E-state index in [1.165, 1.54) is 17.8 Å². The van der Waals surface area contributed by atoms with E-state index >= 15 is 0 Å². The van der Waals surface area contributed by atoms with Crippen molar-refractivity contribution >= 4 is 23.6 Å². The number of carboxylic acid groups (broad SMARTS) is 1. The van der Waals surface area contributed by atoms with Crippen LogP contribution in [-0.2, 0) is 11.3 Å². The van der Waals surface area contributed by atoms with E-state index in [2.05, 4.69) is 5.32 Å². The Labute approximate surface area is 156 Å². The van der Waals surface area contributed by atoms with Gasteiger partial charge in [-0.3, -0.25) is 4.79 Å². The van der Waals surface area contributed by atoms with Crippen molar-refractivity contribution in [2.75, 3.05) is 14.2 Å². The fraction of sp³-hybridized carbons (Fsp3) is 0.263. The van der Waals surface area contributed by atoms with E-state index in [0.717, 1.165) is 5.56 Å². The molecule has 2 N–H and O–H groups in total. The second kappa shape index (κ2) is 9.15. The van der Waals surface area contributed by atoms with Crippen molar-refractivity contribution in [3.05, 3.63) is 53.6 Å². The molecule has 0 bridgehead atoms. The number of aromatic carboxylic acids is 1. The van der Waals surface area contributed by atoms with E-state index in [9.17, 15) is 14.7 Å².